The molecule has 20 heavy (non-hydrogen) atoms. The molecule has 9 nitrogen and oxygen atoms in total. The molecule has 114 valence electrons. The summed E-state index contributed by atoms with van der Waals surface area (Å²) in [5, 5.41) is 9.11. The minimum absolute atomic E-state index is 0.0266. The van der Waals surface area contributed by atoms with Gasteiger partial charge < -0.3 is 19.5 Å². The first-order valence-corrected chi connectivity index (χ1v) is 6.34. The number of anilines is 2. The Bertz CT molecular complexity index is 404. The minimum atomic E-state index is -0.0684. The summed E-state index contributed by atoms with van der Waals surface area (Å²) >= 11 is 0. The minimum Gasteiger partial charge on any atom is -0.461 e. The summed E-state index contributed by atoms with van der Waals surface area (Å²) in [6, 6.07) is 0.179. The third kappa shape index (κ3) is 5.11. The molecule has 1 aromatic rings. The second-order valence-corrected chi connectivity index (χ2v) is 4.26. The van der Waals surface area contributed by atoms with Gasteiger partial charge in [-0.1, -0.05) is 0 Å². The highest BCUT2D eigenvalue weighted by molar-refractivity contribution is 5.37. The normalized spacial score (nSPS) is 10.7. The van der Waals surface area contributed by atoms with Crippen molar-refractivity contribution in [3.05, 3.63) is 0 Å². The van der Waals surface area contributed by atoms with Crippen LogP contribution in [0.15, 0.2) is 0 Å². The highest BCUT2D eigenvalue weighted by Gasteiger charge is 2.14. The van der Waals surface area contributed by atoms with E-state index in [1.807, 2.05) is 13.8 Å². The van der Waals surface area contributed by atoms with E-state index >= 15 is 0 Å². The van der Waals surface area contributed by atoms with Gasteiger partial charge in [0.2, 0.25) is 11.9 Å². The van der Waals surface area contributed by atoms with Gasteiger partial charge in [0.15, 0.2) is 0 Å². The molecule has 0 aliphatic heterocycles. The average molecular weight is 286 g/mol. The van der Waals surface area contributed by atoms with Gasteiger partial charge in [0, 0.05) is 20.2 Å². The number of aliphatic hydroxyl groups excluding tert-OH is 1. The van der Waals surface area contributed by atoms with Crippen LogP contribution < -0.4 is 20.9 Å². The Balaban J connectivity index is 2.98. The van der Waals surface area contributed by atoms with Gasteiger partial charge in [0.25, 0.3) is 0 Å². The number of hydrogen-bond donors (Lipinski definition) is 3. The summed E-state index contributed by atoms with van der Waals surface area (Å²) in [6.07, 6.45) is -0.0684. The zero-order valence-corrected chi connectivity index (χ0v) is 12.0. The maximum absolute atomic E-state index is 9.11. The molecule has 0 saturated heterocycles. The van der Waals surface area contributed by atoms with Crippen molar-refractivity contribution >= 4 is 11.9 Å². The van der Waals surface area contributed by atoms with Crippen molar-refractivity contribution in [1.29, 1.82) is 0 Å². The lowest BCUT2D eigenvalue weighted by Gasteiger charge is -2.22. The number of aromatic nitrogens is 3. The van der Waals surface area contributed by atoms with Gasteiger partial charge >= 0.3 is 6.01 Å². The molecule has 0 aliphatic carbocycles. The van der Waals surface area contributed by atoms with E-state index in [1.165, 1.54) is 0 Å². The molecular formula is C11H22N6O3. The molecule has 0 saturated carbocycles. The third-order valence-corrected chi connectivity index (χ3v) is 2.29. The van der Waals surface area contributed by atoms with Crippen molar-refractivity contribution in [2.75, 3.05) is 43.7 Å². The third-order valence-electron chi connectivity index (χ3n) is 2.29. The molecule has 0 aromatic carbocycles. The number of nitrogens with one attached hydrogen (secondary N) is 1. The Morgan fingerprint density at radius 3 is 2.60 bits per heavy atom. The van der Waals surface area contributed by atoms with Crippen LogP contribution in [-0.2, 0) is 4.74 Å². The number of nitrogens with zero attached hydrogens (tertiary/aromatic N) is 4. The molecule has 0 bridgehead atoms. The second-order valence-electron chi connectivity index (χ2n) is 4.26. The summed E-state index contributed by atoms with van der Waals surface area (Å²) in [7, 11) is 1.60. The Hall–Kier alpha value is -1.71. The van der Waals surface area contributed by atoms with Crippen LogP contribution in [0.1, 0.15) is 13.8 Å². The zero-order valence-electron chi connectivity index (χ0n) is 12.0. The fourth-order valence-electron chi connectivity index (χ4n) is 1.45. The predicted octanol–water partition coefficient (Wildman–Crippen LogP) is -0.610. The van der Waals surface area contributed by atoms with Crippen LogP contribution in [0.25, 0.3) is 0 Å². The number of nitrogen functional groups attached to an aromatic ring is 1. The Morgan fingerprint density at radius 1 is 1.30 bits per heavy atom. The van der Waals surface area contributed by atoms with E-state index in [9.17, 15) is 0 Å². The van der Waals surface area contributed by atoms with Gasteiger partial charge in [-0.3, -0.25) is 5.43 Å². The molecule has 0 unspecified atom stereocenters. The van der Waals surface area contributed by atoms with Crippen LogP contribution in [0.4, 0.5) is 11.9 Å². The first-order valence-electron chi connectivity index (χ1n) is 6.34. The van der Waals surface area contributed by atoms with E-state index < -0.39 is 0 Å². The SMILES string of the molecule is COCCN(CCO)c1nc(NN)nc(OC(C)C)n1. The van der Waals surface area contributed by atoms with Gasteiger partial charge in [0.1, 0.15) is 0 Å². The van der Waals surface area contributed by atoms with E-state index in [4.69, 9.17) is 20.4 Å². The molecule has 4 N–H and O–H groups in total. The van der Waals surface area contributed by atoms with Crippen molar-refractivity contribution in [3.63, 3.8) is 0 Å². The molecule has 0 aliphatic rings. The van der Waals surface area contributed by atoms with Crippen LogP contribution in [-0.4, -0.2) is 59.6 Å². The summed E-state index contributed by atoms with van der Waals surface area (Å²) in [6.45, 7) is 5.11. The molecule has 0 fully saturated rings. The quantitative estimate of drug-likeness (QED) is 0.403. The molecule has 1 aromatic heterocycles. The monoisotopic (exact) mass is 286 g/mol. The largest absolute Gasteiger partial charge is 0.461 e. The molecule has 1 heterocycles. The van der Waals surface area contributed by atoms with Crippen LogP contribution in [0, 0.1) is 0 Å². The fourth-order valence-corrected chi connectivity index (χ4v) is 1.45. The summed E-state index contributed by atoms with van der Waals surface area (Å²) in [5.41, 5.74) is 2.37. The van der Waals surface area contributed by atoms with E-state index in [2.05, 4.69) is 20.4 Å². The number of hydrazine groups is 1. The predicted molar refractivity (Wildman–Crippen MR) is 74.6 cm³/mol. The number of rotatable bonds is 9. The number of aliphatic hydroxyl groups is 1. The van der Waals surface area contributed by atoms with Crippen molar-refractivity contribution in [1.82, 2.24) is 15.0 Å². The van der Waals surface area contributed by atoms with Crippen molar-refractivity contribution in [3.8, 4) is 6.01 Å². The fraction of sp³-hybridized carbons (Fsp3) is 0.727. The van der Waals surface area contributed by atoms with Gasteiger partial charge in [-0.2, -0.15) is 15.0 Å². The summed E-state index contributed by atoms with van der Waals surface area (Å²) in [4.78, 5) is 14.1. The summed E-state index contributed by atoms with van der Waals surface area (Å²) < 4.78 is 10.5. The zero-order chi connectivity index (χ0) is 15.0. The first-order chi connectivity index (χ1) is 9.60. The van der Waals surface area contributed by atoms with E-state index in [-0.39, 0.29) is 24.7 Å². The van der Waals surface area contributed by atoms with Crippen LogP contribution in [0.3, 0.4) is 0 Å². The average Bonchev–Trinajstić information content (AvgIpc) is 2.42. The van der Waals surface area contributed by atoms with Gasteiger partial charge in [-0.15, -0.1) is 0 Å². The maximum Gasteiger partial charge on any atom is 0.323 e. The van der Waals surface area contributed by atoms with Gasteiger partial charge in [0.05, 0.1) is 19.3 Å². The van der Waals surface area contributed by atoms with Crippen molar-refractivity contribution in [2.45, 2.75) is 20.0 Å². The van der Waals surface area contributed by atoms with Gasteiger partial charge in [-0.05, 0) is 13.8 Å². The number of ether oxygens (including phenoxy) is 2. The highest BCUT2D eigenvalue weighted by atomic mass is 16.5. The standard InChI is InChI=1S/C11H22N6O3/c1-8(2)20-11-14-9(16-12)13-10(15-11)17(4-6-18)5-7-19-3/h8,18H,4-7,12H2,1-3H3,(H,13,14,15,16). The Labute approximate surface area is 118 Å². The number of methoxy groups -OCH3 is 1. The molecule has 0 spiro atoms. The topological polar surface area (TPSA) is 119 Å². The molecule has 0 atom stereocenters. The van der Waals surface area contributed by atoms with Crippen molar-refractivity contribution < 1.29 is 14.6 Å². The van der Waals surface area contributed by atoms with Crippen LogP contribution >= 0.6 is 0 Å². The lowest BCUT2D eigenvalue weighted by molar-refractivity contribution is 0.201. The van der Waals surface area contributed by atoms with E-state index in [0.717, 1.165) is 0 Å². The maximum atomic E-state index is 9.11. The molecular weight excluding hydrogens is 264 g/mol. The smallest absolute Gasteiger partial charge is 0.323 e. The lowest BCUT2D eigenvalue weighted by atomic mass is 10.5. The molecule has 1 rings (SSSR count). The molecule has 0 radical (unpaired) electrons. The molecule has 9 heteroatoms. The van der Waals surface area contributed by atoms with Crippen LogP contribution in [0.5, 0.6) is 6.01 Å². The van der Waals surface area contributed by atoms with E-state index in [0.29, 0.717) is 25.6 Å². The van der Waals surface area contributed by atoms with Crippen LogP contribution in [0.2, 0.25) is 0 Å². The van der Waals surface area contributed by atoms with Gasteiger partial charge in [-0.25, -0.2) is 5.84 Å². The second kappa shape index (κ2) is 8.46. The number of hydrogen-bond acceptors (Lipinski definition) is 9. The van der Waals surface area contributed by atoms with E-state index in [1.54, 1.807) is 12.0 Å². The first kappa shape index (κ1) is 16.3. The lowest BCUT2D eigenvalue weighted by Crippen LogP contribution is -2.32. The number of nitrogens with two attached hydrogens (primary N) is 1. The van der Waals surface area contributed by atoms with Crippen molar-refractivity contribution in [2.24, 2.45) is 5.84 Å². The summed E-state index contributed by atoms with van der Waals surface area (Å²) in [5.74, 6) is 5.91. The Kier molecular flexibility index (Phi) is 6.91. The molecule has 0 amide bonds. The Morgan fingerprint density at radius 2 is 2.05 bits per heavy atom. The highest BCUT2D eigenvalue weighted by Crippen LogP contribution is 2.15.